The van der Waals surface area contributed by atoms with Crippen LogP contribution in [0.25, 0.3) is 10.2 Å². The van der Waals surface area contributed by atoms with E-state index in [1.54, 1.807) is 18.3 Å². The molecule has 1 N–H and O–H groups in total. The molecule has 1 aromatic heterocycles. The maximum atomic E-state index is 13.3. The minimum Gasteiger partial charge on any atom is -0.494 e. The van der Waals surface area contributed by atoms with Crippen molar-refractivity contribution in [3.05, 3.63) is 59.1 Å². The van der Waals surface area contributed by atoms with Crippen LogP contribution in [0, 0.1) is 0 Å². The van der Waals surface area contributed by atoms with Crippen LogP contribution in [0.2, 0.25) is 0 Å². The van der Waals surface area contributed by atoms with Gasteiger partial charge in [0.1, 0.15) is 11.3 Å². The van der Waals surface area contributed by atoms with E-state index in [0.717, 1.165) is 42.8 Å². The molecule has 7 nitrogen and oxygen atoms in total. The number of piperidine rings is 1. The zero-order valence-electron chi connectivity index (χ0n) is 18.9. The monoisotopic (exact) mass is 464 g/mol. The fourth-order valence-electron chi connectivity index (χ4n) is 4.66. The van der Waals surface area contributed by atoms with Crippen molar-refractivity contribution < 1.29 is 14.3 Å². The van der Waals surface area contributed by atoms with Gasteiger partial charge in [0.25, 0.3) is 5.91 Å². The first kappa shape index (κ1) is 21.9. The minimum atomic E-state index is -1.07. The number of para-hydroxylation sites is 1. The van der Waals surface area contributed by atoms with Crippen LogP contribution < -0.4 is 10.1 Å². The third-order valence-corrected chi connectivity index (χ3v) is 7.81. The standard InChI is InChI=1S/C25H28N4O3S/c1-3-32-19-10-8-18(9-11-19)25(2)23(30)29(24(31)27-25)16-28-14-12-17(13-15-28)22-26-20-6-4-5-7-21(20)33-22/h4-11,17H,3,12-16H2,1-2H3,(H,27,31). The Bertz CT molecular complexity index is 1140. The number of nitrogens with one attached hydrogen (secondary N) is 1. The van der Waals surface area contributed by atoms with E-state index in [4.69, 9.17) is 9.72 Å². The smallest absolute Gasteiger partial charge is 0.326 e. The van der Waals surface area contributed by atoms with E-state index in [2.05, 4.69) is 22.3 Å². The number of likely N-dealkylation sites (tertiary alicyclic amines) is 1. The van der Waals surface area contributed by atoms with Gasteiger partial charge in [-0.2, -0.15) is 0 Å². The second kappa shape index (κ2) is 8.76. The number of carbonyl (C=O) groups is 2. The lowest BCUT2D eigenvalue weighted by atomic mass is 9.92. The number of benzene rings is 2. The lowest BCUT2D eigenvalue weighted by Gasteiger charge is -2.33. The summed E-state index contributed by atoms with van der Waals surface area (Å²) in [5.74, 6) is 0.954. The van der Waals surface area contributed by atoms with Crippen molar-refractivity contribution in [3.8, 4) is 5.75 Å². The average molecular weight is 465 g/mol. The number of ether oxygens (including phenoxy) is 1. The number of urea groups is 1. The molecular weight excluding hydrogens is 436 g/mol. The van der Waals surface area contributed by atoms with Crippen LogP contribution in [-0.4, -0.2) is 53.1 Å². The lowest BCUT2D eigenvalue weighted by molar-refractivity contribution is -0.132. The number of rotatable bonds is 6. The van der Waals surface area contributed by atoms with Crippen LogP contribution in [0.15, 0.2) is 48.5 Å². The maximum Gasteiger partial charge on any atom is 0.326 e. The van der Waals surface area contributed by atoms with E-state index in [9.17, 15) is 9.59 Å². The van der Waals surface area contributed by atoms with Crippen molar-refractivity contribution in [2.45, 2.75) is 38.1 Å². The third kappa shape index (κ3) is 4.09. The summed E-state index contributed by atoms with van der Waals surface area (Å²) in [6.07, 6.45) is 1.94. The van der Waals surface area contributed by atoms with Crippen molar-refractivity contribution in [1.82, 2.24) is 20.1 Å². The summed E-state index contributed by atoms with van der Waals surface area (Å²) < 4.78 is 6.72. The number of nitrogens with zero attached hydrogens (tertiary/aromatic N) is 3. The largest absolute Gasteiger partial charge is 0.494 e. The number of hydrogen-bond donors (Lipinski definition) is 1. The Balaban J connectivity index is 1.22. The third-order valence-electron chi connectivity index (χ3n) is 6.61. The number of carbonyl (C=O) groups excluding carboxylic acids is 2. The summed E-state index contributed by atoms with van der Waals surface area (Å²) in [6.45, 7) is 6.24. The fourth-order valence-corrected chi connectivity index (χ4v) is 5.79. The highest BCUT2D eigenvalue weighted by Gasteiger charge is 2.49. The van der Waals surface area contributed by atoms with Crippen molar-refractivity contribution in [2.75, 3.05) is 26.4 Å². The number of fused-ring (bicyclic) bond motifs is 1. The van der Waals surface area contributed by atoms with E-state index in [1.165, 1.54) is 14.6 Å². The molecule has 2 aliphatic rings. The molecule has 172 valence electrons. The summed E-state index contributed by atoms with van der Waals surface area (Å²) in [6, 6.07) is 15.3. The summed E-state index contributed by atoms with van der Waals surface area (Å²) in [7, 11) is 0. The summed E-state index contributed by atoms with van der Waals surface area (Å²) in [4.78, 5) is 34.4. The quantitative estimate of drug-likeness (QED) is 0.551. The SMILES string of the molecule is CCOc1ccc(C2(C)NC(=O)N(CN3CCC(c4nc5ccccc5s4)CC3)C2=O)cc1. The van der Waals surface area contributed by atoms with Gasteiger partial charge in [-0.05, 0) is 56.5 Å². The van der Waals surface area contributed by atoms with Gasteiger partial charge in [-0.1, -0.05) is 24.3 Å². The Morgan fingerprint density at radius 1 is 1.12 bits per heavy atom. The number of aromatic nitrogens is 1. The normalized spacial score (nSPS) is 22.2. The van der Waals surface area contributed by atoms with Crippen LogP contribution >= 0.6 is 11.3 Å². The van der Waals surface area contributed by atoms with Gasteiger partial charge in [0.05, 0.1) is 28.5 Å². The first-order chi connectivity index (χ1) is 16.0. The molecule has 0 aliphatic carbocycles. The molecule has 2 saturated heterocycles. The van der Waals surface area contributed by atoms with E-state index in [0.29, 0.717) is 19.2 Å². The Hall–Kier alpha value is -2.97. The molecule has 5 rings (SSSR count). The van der Waals surface area contributed by atoms with Crippen molar-refractivity contribution in [1.29, 1.82) is 0 Å². The number of imide groups is 1. The van der Waals surface area contributed by atoms with Crippen molar-refractivity contribution >= 4 is 33.5 Å². The van der Waals surface area contributed by atoms with Crippen LogP contribution in [0.5, 0.6) is 5.75 Å². The van der Waals surface area contributed by atoms with Crippen molar-refractivity contribution in [2.24, 2.45) is 0 Å². The molecule has 1 unspecified atom stereocenters. The summed E-state index contributed by atoms with van der Waals surface area (Å²) >= 11 is 1.77. The average Bonchev–Trinajstić information content (AvgIpc) is 3.35. The first-order valence-corrected chi connectivity index (χ1v) is 12.2. The molecule has 2 aliphatic heterocycles. The van der Waals surface area contributed by atoms with Gasteiger partial charge in [0, 0.05) is 19.0 Å². The molecule has 3 heterocycles. The van der Waals surface area contributed by atoms with E-state index >= 15 is 0 Å². The molecule has 2 fully saturated rings. The van der Waals surface area contributed by atoms with Crippen LogP contribution in [0.1, 0.15) is 43.2 Å². The highest BCUT2D eigenvalue weighted by atomic mass is 32.1. The molecular formula is C25H28N4O3S. The Morgan fingerprint density at radius 2 is 1.85 bits per heavy atom. The van der Waals surface area contributed by atoms with Crippen LogP contribution in [0.3, 0.4) is 0 Å². The van der Waals surface area contributed by atoms with E-state index in [-0.39, 0.29) is 11.9 Å². The second-order valence-corrected chi connectivity index (χ2v) is 9.86. The topological polar surface area (TPSA) is 74.8 Å². The van der Waals surface area contributed by atoms with Crippen molar-refractivity contribution in [3.63, 3.8) is 0 Å². The zero-order chi connectivity index (χ0) is 23.0. The van der Waals surface area contributed by atoms with Gasteiger partial charge in [-0.25, -0.2) is 14.7 Å². The molecule has 1 atom stereocenters. The number of thiazole rings is 1. The summed E-state index contributed by atoms with van der Waals surface area (Å²) in [5, 5.41) is 4.09. The van der Waals surface area contributed by atoms with Gasteiger partial charge in [-0.3, -0.25) is 9.69 Å². The molecule has 0 spiro atoms. The Morgan fingerprint density at radius 3 is 2.55 bits per heavy atom. The maximum absolute atomic E-state index is 13.3. The predicted octanol–water partition coefficient (Wildman–Crippen LogP) is 4.30. The highest BCUT2D eigenvalue weighted by molar-refractivity contribution is 7.18. The van der Waals surface area contributed by atoms with Gasteiger partial charge < -0.3 is 10.1 Å². The summed E-state index contributed by atoms with van der Waals surface area (Å²) in [5.41, 5.74) is 0.746. The van der Waals surface area contributed by atoms with E-state index < -0.39 is 5.54 Å². The molecule has 33 heavy (non-hydrogen) atoms. The molecule has 3 amide bonds. The van der Waals surface area contributed by atoms with Gasteiger partial charge in [-0.15, -0.1) is 11.3 Å². The van der Waals surface area contributed by atoms with Crippen LogP contribution in [0.4, 0.5) is 4.79 Å². The Labute approximate surface area is 197 Å². The minimum absolute atomic E-state index is 0.218. The molecule has 2 aromatic carbocycles. The highest BCUT2D eigenvalue weighted by Crippen LogP contribution is 2.35. The van der Waals surface area contributed by atoms with Gasteiger partial charge >= 0.3 is 6.03 Å². The van der Waals surface area contributed by atoms with E-state index in [1.807, 2.05) is 43.3 Å². The van der Waals surface area contributed by atoms with Gasteiger partial charge in [0.15, 0.2) is 0 Å². The van der Waals surface area contributed by atoms with Crippen LogP contribution in [-0.2, 0) is 10.3 Å². The molecule has 8 heteroatoms. The predicted molar refractivity (Wildman–Crippen MR) is 128 cm³/mol. The van der Waals surface area contributed by atoms with Gasteiger partial charge in [0.2, 0.25) is 0 Å². The second-order valence-electron chi connectivity index (χ2n) is 8.80. The Kier molecular flexibility index (Phi) is 5.80. The molecule has 0 bridgehead atoms. The zero-order valence-corrected chi connectivity index (χ0v) is 19.7. The molecule has 3 aromatic rings. The lowest BCUT2D eigenvalue weighted by Crippen LogP contribution is -2.46. The first-order valence-electron chi connectivity index (χ1n) is 11.4. The number of amides is 3. The number of hydrogen-bond acceptors (Lipinski definition) is 6. The molecule has 0 saturated carbocycles. The fraction of sp³-hybridized carbons (Fsp3) is 0.400. The molecule has 0 radical (unpaired) electrons.